The fourth-order valence-electron chi connectivity index (χ4n) is 3.16. The van der Waals surface area contributed by atoms with E-state index in [9.17, 15) is 9.59 Å². The number of amides is 2. The molecule has 1 aromatic heterocycles. The standard InChI is InChI=1S/C19H24N4O2/c1-14-13-15(2)23(21-14)17-8-6-16(7-9-17)19(25)20-10-4-12-22-11-3-5-18(22)24/h6-9,13H,3-5,10-12H2,1-2H3,(H,20,25). The minimum Gasteiger partial charge on any atom is -0.352 e. The van der Waals surface area contributed by atoms with Crippen LogP contribution in [0.1, 0.15) is 41.0 Å². The van der Waals surface area contributed by atoms with E-state index in [2.05, 4.69) is 10.4 Å². The summed E-state index contributed by atoms with van der Waals surface area (Å²) in [6.45, 7) is 6.10. The summed E-state index contributed by atoms with van der Waals surface area (Å²) in [6.07, 6.45) is 2.39. The third-order valence-corrected chi connectivity index (χ3v) is 4.45. The highest BCUT2D eigenvalue weighted by atomic mass is 16.2. The number of aromatic nitrogens is 2. The van der Waals surface area contributed by atoms with Crippen LogP contribution in [0.25, 0.3) is 5.69 Å². The molecule has 6 heteroatoms. The van der Waals surface area contributed by atoms with Crippen molar-refractivity contribution in [3.05, 3.63) is 47.3 Å². The van der Waals surface area contributed by atoms with E-state index in [1.165, 1.54) is 0 Å². The van der Waals surface area contributed by atoms with Crippen LogP contribution in [0.5, 0.6) is 0 Å². The van der Waals surface area contributed by atoms with Crippen LogP contribution in [0.3, 0.4) is 0 Å². The molecule has 1 fully saturated rings. The van der Waals surface area contributed by atoms with Crippen molar-refractivity contribution < 1.29 is 9.59 Å². The normalized spacial score (nSPS) is 14.2. The Hall–Kier alpha value is -2.63. The lowest BCUT2D eigenvalue weighted by atomic mass is 10.2. The van der Waals surface area contributed by atoms with Gasteiger partial charge in [-0.3, -0.25) is 9.59 Å². The van der Waals surface area contributed by atoms with E-state index in [-0.39, 0.29) is 11.8 Å². The molecule has 1 N–H and O–H groups in total. The average molecular weight is 340 g/mol. The van der Waals surface area contributed by atoms with Crippen LogP contribution in [-0.4, -0.2) is 46.1 Å². The van der Waals surface area contributed by atoms with E-state index in [4.69, 9.17) is 0 Å². The zero-order valence-electron chi connectivity index (χ0n) is 14.8. The Balaban J connectivity index is 1.50. The number of carbonyl (C=O) groups excluding carboxylic acids is 2. The highest BCUT2D eigenvalue weighted by molar-refractivity contribution is 5.94. The Morgan fingerprint density at radius 1 is 1.24 bits per heavy atom. The maximum Gasteiger partial charge on any atom is 0.251 e. The fourth-order valence-corrected chi connectivity index (χ4v) is 3.16. The van der Waals surface area contributed by atoms with E-state index in [0.717, 1.165) is 43.0 Å². The van der Waals surface area contributed by atoms with E-state index in [0.29, 0.717) is 18.5 Å². The van der Waals surface area contributed by atoms with E-state index in [1.807, 2.05) is 53.8 Å². The maximum atomic E-state index is 12.2. The van der Waals surface area contributed by atoms with Crippen molar-refractivity contribution in [2.75, 3.05) is 19.6 Å². The lowest BCUT2D eigenvalue weighted by molar-refractivity contribution is -0.127. The van der Waals surface area contributed by atoms with E-state index >= 15 is 0 Å². The molecular formula is C19H24N4O2. The highest BCUT2D eigenvalue weighted by Gasteiger charge is 2.19. The molecule has 0 spiro atoms. The van der Waals surface area contributed by atoms with Gasteiger partial charge < -0.3 is 10.2 Å². The Bertz CT molecular complexity index is 764. The summed E-state index contributed by atoms with van der Waals surface area (Å²) >= 11 is 0. The number of hydrogen-bond donors (Lipinski definition) is 1. The number of carbonyl (C=O) groups is 2. The SMILES string of the molecule is Cc1cc(C)n(-c2ccc(C(=O)NCCCN3CCCC3=O)cc2)n1. The van der Waals surface area contributed by atoms with Gasteiger partial charge in [0.25, 0.3) is 5.91 Å². The second kappa shape index (κ2) is 7.51. The van der Waals surface area contributed by atoms with Gasteiger partial charge in [-0.15, -0.1) is 0 Å². The summed E-state index contributed by atoms with van der Waals surface area (Å²) in [5.74, 6) is 0.138. The van der Waals surface area contributed by atoms with Gasteiger partial charge in [-0.05, 0) is 57.0 Å². The molecule has 1 aliphatic heterocycles. The summed E-state index contributed by atoms with van der Waals surface area (Å²) in [4.78, 5) is 25.6. The molecule has 2 heterocycles. The summed E-state index contributed by atoms with van der Waals surface area (Å²) < 4.78 is 1.87. The molecule has 132 valence electrons. The van der Waals surface area contributed by atoms with Crippen molar-refractivity contribution in [3.8, 4) is 5.69 Å². The number of nitrogens with one attached hydrogen (secondary N) is 1. The van der Waals surface area contributed by atoms with Gasteiger partial charge in [0.2, 0.25) is 5.91 Å². The first kappa shape index (κ1) is 17.2. The van der Waals surface area contributed by atoms with Crippen LogP contribution in [0.2, 0.25) is 0 Å². The van der Waals surface area contributed by atoms with Gasteiger partial charge in [-0.1, -0.05) is 0 Å². The number of nitrogens with zero attached hydrogens (tertiary/aromatic N) is 3. The zero-order valence-corrected chi connectivity index (χ0v) is 14.8. The van der Waals surface area contributed by atoms with Crippen LogP contribution in [0.4, 0.5) is 0 Å². The first-order valence-electron chi connectivity index (χ1n) is 8.74. The van der Waals surface area contributed by atoms with E-state index < -0.39 is 0 Å². The van der Waals surface area contributed by atoms with Crippen LogP contribution >= 0.6 is 0 Å². The van der Waals surface area contributed by atoms with Crippen molar-refractivity contribution in [3.63, 3.8) is 0 Å². The molecular weight excluding hydrogens is 316 g/mol. The second-order valence-electron chi connectivity index (χ2n) is 6.48. The third kappa shape index (κ3) is 4.07. The quantitative estimate of drug-likeness (QED) is 0.820. The predicted octanol–water partition coefficient (Wildman–Crippen LogP) is 2.23. The molecule has 25 heavy (non-hydrogen) atoms. The van der Waals surface area contributed by atoms with Crippen molar-refractivity contribution in [2.45, 2.75) is 33.1 Å². The predicted molar refractivity (Wildman–Crippen MR) is 95.8 cm³/mol. The van der Waals surface area contributed by atoms with Crippen LogP contribution < -0.4 is 5.32 Å². The van der Waals surface area contributed by atoms with Crippen molar-refractivity contribution in [1.82, 2.24) is 20.0 Å². The summed E-state index contributed by atoms with van der Waals surface area (Å²) in [6, 6.07) is 9.44. The van der Waals surface area contributed by atoms with Crippen LogP contribution in [0.15, 0.2) is 30.3 Å². The summed E-state index contributed by atoms with van der Waals surface area (Å²) in [7, 11) is 0. The molecule has 0 atom stereocenters. The number of aryl methyl sites for hydroxylation is 2. The number of benzene rings is 1. The molecule has 0 aliphatic carbocycles. The lowest BCUT2D eigenvalue weighted by Crippen LogP contribution is -2.30. The fraction of sp³-hybridized carbons (Fsp3) is 0.421. The lowest BCUT2D eigenvalue weighted by Gasteiger charge is -2.15. The summed E-state index contributed by atoms with van der Waals surface area (Å²) in [5, 5.41) is 7.36. The molecule has 2 aromatic rings. The first-order chi connectivity index (χ1) is 12.0. The van der Waals surface area contributed by atoms with Crippen molar-refractivity contribution in [2.24, 2.45) is 0 Å². The van der Waals surface area contributed by atoms with Gasteiger partial charge >= 0.3 is 0 Å². The minimum atomic E-state index is -0.0901. The molecule has 2 amide bonds. The van der Waals surface area contributed by atoms with Gasteiger partial charge in [-0.25, -0.2) is 4.68 Å². The average Bonchev–Trinajstić information content (AvgIpc) is 3.16. The highest BCUT2D eigenvalue weighted by Crippen LogP contribution is 2.13. The van der Waals surface area contributed by atoms with Crippen molar-refractivity contribution >= 4 is 11.8 Å². The van der Waals surface area contributed by atoms with Gasteiger partial charge in [0.1, 0.15) is 0 Å². The molecule has 0 bridgehead atoms. The Labute approximate surface area is 147 Å². The molecule has 0 saturated carbocycles. The Morgan fingerprint density at radius 2 is 2.00 bits per heavy atom. The summed E-state index contributed by atoms with van der Waals surface area (Å²) in [5.41, 5.74) is 3.60. The van der Waals surface area contributed by atoms with Gasteiger partial charge in [0.05, 0.1) is 11.4 Å². The maximum absolute atomic E-state index is 12.2. The van der Waals surface area contributed by atoms with Crippen molar-refractivity contribution in [1.29, 1.82) is 0 Å². The molecule has 1 aliphatic rings. The Kier molecular flexibility index (Phi) is 5.16. The number of hydrogen-bond acceptors (Lipinski definition) is 3. The second-order valence-corrected chi connectivity index (χ2v) is 6.48. The molecule has 6 nitrogen and oxygen atoms in total. The van der Waals surface area contributed by atoms with Crippen LogP contribution in [-0.2, 0) is 4.79 Å². The van der Waals surface area contributed by atoms with Gasteiger partial charge in [0, 0.05) is 37.3 Å². The topological polar surface area (TPSA) is 67.2 Å². The first-order valence-corrected chi connectivity index (χ1v) is 8.74. The van der Waals surface area contributed by atoms with Crippen LogP contribution in [0, 0.1) is 13.8 Å². The molecule has 1 saturated heterocycles. The molecule has 3 rings (SSSR count). The van der Waals surface area contributed by atoms with E-state index in [1.54, 1.807) is 0 Å². The smallest absolute Gasteiger partial charge is 0.251 e. The zero-order chi connectivity index (χ0) is 17.8. The minimum absolute atomic E-state index is 0.0901. The Morgan fingerprint density at radius 3 is 2.60 bits per heavy atom. The molecule has 0 unspecified atom stereocenters. The molecule has 1 aromatic carbocycles. The monoisotopic (exact) mass is 340 g/mol. The number of rotatable bonds is 6. The van der Waals surface area contributed by atoms with Gasteiger partial charge in [-0.2, -0.15) is 5.10 Å². The third-order valence-electron chi connectivity index (χ3n) is 4.45. The largest absolute Gasteiger partial charge is 0.352 e. The molecule has 0 radical (unpaired) electrons. The number of likely N-dealkylation sites (tertiary alicyclic amines) is 1. The van der Waals surface area contributed by atoms with Gasteiger partial charge in [0.15, 0.2) is 0 Å².